The summed E-state index contributed by atoms with van der Waals surface area (Å²) < 4.78 is 14.9. The third kappa shape index (κ3) is 2.77. The maximum absolute atomic E-state index is 14.5. The van der Waals surface area contributed by atoms with Gasteiger partial charge in [-0.3, -0.25) is 0 Å². The zero-order valence-electron chi connectivity index (χ0n) is 11.1. The third-order valence-corrected chi connectivity index (χ3v) is 4.70. The molecule has 104 valence electrons. The summed E-state index contributed by atoms with van der Waals surface area (Å²) in [6, 6.07) is 3.98. The van der Waals surface area contributed by atoms with E-state index < -0.39 is 0 Å². The Bertz CT molecular complexity index is 504. The van der Waals surface area contributed by atoms with Crippen molar-refractivity contribution in [3.05, 3.63) is 28.0 Å². The Morgan fingerprint density at radius 3 is 2.79 bits per heavy atom. The Morgan fingerprint density at radius 2 is 2.21 bits per heavy atom. The largest absolute Gasteiger partial charge is 0.389 e. The van der Waals surface area contributed by atoms with Crippen LogP contribution in [-0.4, -0.2) is 17.6 Å². The predicted octanol–water partition coefficient (Wildman–Crippen LogP) is 3.85. The van der Waals surface area contributed by atoms with E-state index in [-0.39, 0.29) is 10.8 Å². The van der Waals surface area contributed by atoms with Gasteiger partial charge in [0.15, 0.2) is 5.82 Å². The highest BCUT2D eigenvalue weighted by Crippen LogP contribution is 2.35. The molecular formula is C14H18BrFN2S. The first-order chi connectivity index (χ1) is 8.93. The van der Waals surface area contributed by atoms with Crippen LogP contribution in [0.15, 0.2) is 16.6 Å². The van der Waals surface area contributed by atoms with Gasteiger partial charge in [-0.25, -0.2) is 4.39 Å². The van der Waals surface area contributed by atoms with Crippen molar-refractivity contribution in [3.63, 3.8) is 0 Å². The summed E-state index contributed by atoms with van der Waals surface area (Å²) in [5.74, 6) is 0.244. The van der Waals surface area contributed by atoms with Gasteiger partial charge in [-0.1, -0.05) is 26.1 Å². The topological polar surface area (TPSA) is 29.3 Å². The molecule has 2 rings (SSSR count). The van der Waals surface area contributed by atoms with E-state index in [4.69, 9.17) is 18.0 Å². The number of benzene rings is 1. The van der Waals surface area contributed by atoms with Crippen LogP contribution in [-0.2, 0) is 0 Å². The predicted molar refractivity (Wildman–Crippen MR) is 85.2 cm³/mol. The second-order valence-electron chi connectivity index (χ2n) is 5.27. The normalized spacial score (nSPS) is 19.2. The van der Waals surface area contributed by atoms with Gasteiger partial charge in [0.05, 0.1) is 10.2 Å². The summed E-state index contributed by atoms with van der Waals surface area (Å²) in [4.78, 5) is 2.37. The minimum atomic E-state index is -0.266. The van der Waals surface area contributed by atoms with Crippen LogP contribution in [0.5, 0.6) is 0 Å². The molecule has 2 nitrogen and oxygen atoms in total. The van der Waals surface area contributed by atoms with Crippen LogP contribution < -0.4 is 10.6 Å². The molecule has 1 aromatic rings. The first-order valence-corrected chi connectivity index (χ1v) is 7.68. The van der Waals surface area contributed by atoms with Crippen LogP contribution in [0.1, 0.15) is 32.3 Å². The number of halogens is 2. The van der Waals surface area contributed by atoms with E-state index in [0.29, 0.717) is 27.7 Å². The Balaban J connectivity index is 2.41. The van der Waals surface area contributed by atoms with Crippen molar-refractivity contribution < 1.29 is 4.39 Å². The molecule has 0 spiro atoms. The van der Waals surface area contributed by atoms with Crippen molar-refractivity contribution in [2.24, 2.45) is 11.7 Å². The van der Waals surface area contributed by atoms with Gasteiger partial charge >= 0.3 is 0 Å². The number of thiocarbonyl (C=S) groups is 1. The highest BCUT2D eigenvalue weighted by atomic mass is 79.9. The Morgan fingerprint density at radius 1 is 1.53 bits per heavy atom. The van der Waals surface area contributed by atoms with Gasteiger partial charge in [0.25, 0.3) is 0 Å². The molecule has 2 N–H and O–H groups in total. The van der Waals surface area contributed by atoms with E-state index in [9.17, 15) is 4.39 Å². The molecule has 0 saturated carbocycles. The van der Waals surface area contributed by atoms with Gasteiger partial charge in [-0.15, -0.1) is 0 Å². The van der Waals surface area contributed by atoms with Crippen molar-refractivity contribution in [1.82, 2.24) is 0 Å². The quantitative estimate of drug-likeness (QED) is 0.844. The van der Waals surface area contributed by atoms with Gasteiger partial charge in [-0.2, -0.15) is 0 Å². The smallest absolute Gasteiger partial charge is 0.161 e. The molecular weight excluding hydrogens is 327 g/mol. The van der Waals surface area contributed by atoms with Crippen molar-refractivity contribution >= 4 is 38.8 Å². The number of rotatable bonds is 3. The number of hydrogen-bond acceptors (Lipinski definition) is 2. The van der Waals surface area contributed by atoms with Crippen molar-refractivity contribution in [3.8, 4) is 0 Å². The molecule has 1 aromatic carbocycles. The molecule has 0 bridgehead atoms. The number of anilines is 1. The minimum Gasteiger partial charge on any atom is -0.389 e. The molecule has 0 aromatic heterocycles. The summed E-state index contributed by atoms with van der Waals surface area (Å²) in [6.45, 7) is 5.26. The lowest BCUT2D eigenvalue weighted by Crippen LogP contribution is -2.34. The Hall–Kier alpha value is -0.680. The molecule has 1 fully saturated rings. The van der Waals surface area contributed by atoms with Crippen molar-refractivity contribution in [1.29, 1.82) is 0 Å². The van der Waals surface area contributed by atoms with E-state index in [0.717, 1.165) is 19.4 Å². The second kappa shape index (κ2) is 5.75. The van der Waals surface area contributed by atoms with Crippen molar-refractivity contribution in [2.75, 3.05) is 11.4 Å². The summed E-state index contributed by atoms with van der Waals surface area (Å²) in [7, 11) is 0. The highest BCUT2D eigenvalue weighted by molar-refractivity contribution is 9.10. The third-order valence-electron chi connectivity index (χ3n) is 3.71. The lowest BCUT2D eigenvalue weighted by molar-refractivity contribution is 0.485. The van der Waals surface area contributed by atoms with E-state index in [1.54, 1.807) is 12.1 Å². The minimum absolute atomic E-state index is 0.208. The molecule has 0 radical (unpaired) electrons. The molecule has 5 heteroatoms. The fourth-order valence-corrected chi connectivity index (χ4v) is 3.59. The van der Waals surface area contributed by atoms with Crippen LogP contribution in [0.2, 0.25) is 0 Å². The van der Waals surface area contributed by atoms with Crippen LogP contribution in [0.3, 0.4) is 0 Å². The zero-order valence-corrected chi connectivity index (χ0v) is 13.5. The lowest BCUT2D eigenvalue weighted by Gasteiger charge is -2.30. The highest BCUT2D eigenvalue weighted by Gasteiger charge is 2.29. The standard InChI is InChI=1S/C14H18BrFN2S/c1-8(2)10-4-3-7-18(10)11-6-5-9(14(17)19)12(15)13(11)16/h5-6,8,10H,3-4,7H2,1-2H3,(H2,17,19). The average molecular weight is 345 g/mol. The van der Waals surface area contributed by atoms with Gasteiger partial charge < -0.3 is 10.6 Å². The Labute approximate surface area is 127 Å². The second-order valence-corrected chi connectivity index (χ2v) is 6.50. The SMILES string of the molecule is CC(C)C1CCCN1c1ccc(C(N)=S)c(Br)c1F. The van der Waals surface area contributed by atoms with Crippen LogP contribution in [0.4, 0.5) is 10.1 Å². The maximum Gasteiger partial charge on any atom is 0.161 e. The molecule has 1 unspecified atom stereocenters. The first kappa shape index (κ1) is 14.7. The molecule has 1 aliphatic rings. The molecule has 1 saturated heterocycles. The van der Waals surface area contributed by atoms with Crippen LogP contribution in [0.25, 0.3) is 0 Å². The van der Waals surface area contributed by atoms with Crippen molar-refractivity contribution in [2.45, 2.75) is 32.7 Å². The summed E-state index contributed by atoms with van der Waals surface area (Å²) >= 11 is 8.19. The molecule has 1 atom stereocenters. The van der Waals surface area contributed by atoms with E-state index in [2.05, 4.69) is 34.7 Å². The Kier molecular flexibility index (Phi) is 4.46. The van der Waals surface area contributed by atoms with Crippen LogP contribution >= 0.6 is 28.1 Å². The molecule has 1 aliphatic heterocycles. The number of nitrogens with zero attached hydrogens (tertiary/aromatic N) is 1. The summed E-state index contributed by atoms with van der Waals surface area (Å²) in [5.41, 5.74) is 6.78. The molecule has 1 heterocycles. The van der Waals surface area contributed by atoms with Crippen LogP contribution in [0, 0.1) is 11.7 Å². The summed E-state index contributed by atoms with van der Waals surface area (Å²) in [6.07, 6.45) is 2.22. The first-order valence-electron chi connectivity index (χ1n) is 6.48. The van der Waals surface area contributed by atoms with E-state index in [1.807, 2.05) is 0 Å². The lowest BCUT2D eigenvalue weighted by atomic mass is 10.0. The maximum atomic E-state index is 14.5. The number of nitrogens with two attached hydrogens (primary N) is 1. The van der Waals surface area contributed by atoms with E-state index in [1.165, 1.54) is 0 Å². The molecule has 0 amide bonds. The zero-order chi connectivity index (χ0) is 14.2. The van der Waals surface area contributed by atoms with Gasteiger partial charge in [0.1, 0.15) is 4.99 Å². The summed E-state index contributed by atoms with van der Waals surface area (Å²) in [5, 5.41) is 0. The monoisotopic (exact) mass is 344 g/mol. The van der Waals surface area contributed by atoms with Gasteiger partial charge in [0.2, 0.25) is 0 Å². The fraction of sp³-hybridized carbons (Fsp3) is 0.500. The number of hydrogen-bond donors (Lipinski definition) is 1. The van der Waals surface area contributed by atoms with E-state index >= 15 is 0 Å². The van der Waals surface area contributed by atoms with Gasteiger partial charge in [0, 0.05) is 18.2 Å². The van der Waals surface area contributed by atoms with Gasteiger partial charge in [-0.05, 0) is 46.8 Å². The average Bonchev–Trinajstić information content (AvgIpc) is 2.81. The molecule has 19 heavy (non-hydrogen) atoms. The molecule has 0 aliphatic carbocycles. The fourth-order valence-electron chi connectivity index (χ4n) is 2.74.